The van der Waals surface area contributed by atoms with E-state index in [1.54, 1.807) is 6.92 Å². The number of rotatable bonds is 9. The normalized spacial score (nSPS) is 18.4. The van der Waals surface area contributed by atoms with Gasteiger partial charge in [0.25, 0.3) is 5.91 Å². The van der Waals surface area contributed by atoms with Crippen molar-refractivity contribution in [3.05, 3.63) is 71.3 Å². The Kier molecular flexibility index (Phi) is 7.53. The largest absolute Gasteiger partial charge is 0.377 e. The van der Waals surface area contributed by atoms with Gasteiger partial charge in [0.1, 0.15) is 12.1 Å². The predicted molar refractivity (Wildman–Crippen MR) is 126 cm³/mol. The maximum atomic E-state index is 13.0. The van der Waals surface area contributed by atoms with Gasteiger partial charge in [-0.05, 0) is 35.4 Å². The zero-order chi connectivity index (χ0) is 24.1. The summed E-state index contributed by atoms with van der Waals surface area (Å²) in [4.78, 5) is 38.8. The Bertz CT molecular complexity index is 983. The second-order valence-corrected chi connectivity index (χ2v) is 9.52. The molecular weight excluding hydrogens is 418 g/mol. The Balaban J connectivity index is 1.47. The Morgan fingerprint density at radius 3 is 2.36 bits per heavy atom. The van der Waals surface area contributed by atoms with Crippen LogP contribution in [0.1, 0.15) is 50.8 Å². The summed E-state index contributed by atoms with van der Waals surface area (Å²) in [5, 5.41) is 5.49. The van der Waals surface area contributed by atoms with Gasteiger partial charge in [-0.2, -0.15) is 0 Å². The number of amides is 4. The van der Waals surface area contributed by atoms with Gasteiger partial charge >= 0.3 is 6.03 Å². The number of ether oxygens (including phenoxy) is 1. The second-order valence-electron chi connectivity index (χ2n) is 9.52. The van der Waals surface area contributed by atoms with Gasteiger partial charge < -0.3 is 15.4 Å². The molecule has 0 radical (unpaired) electrons. The molecule has 2 N–H and O–H groups in total. The van der Waals surface area contributed by atoms with Crippen molar-refractivity contribution in [2.45, 2.75) is 51.7 Å². The van der Waals surface area contributed by atoms with Crippen LogP contribution in [0.15, 0.2) is 54.6 Å². The lowest BCUT2D eigenvalue weighted by Crippen LogP contribution is -2.43. The SMILES string of the molecule is CC(C)(C)c1ccc(C2(C)NC(=O)N(CC(=O)NCCCOCc3ccccc3)C2=O)cc1. The Morgan fingerprint density at radius 1 is 1.06 bits per heavy atom. The number of benzene rings is 2. The van der Waals surface area contributed by atoms with E-state index in [2.05, 4.69) is 31.4 Å². The van der Waals surface area contributed by atoms with Gasteiger partial charge in [0, 0.05) is 13.2 Å². The molecule has 7 heteroatoms. The third kappa shape index (κ3) is 5.99. The number of hydrogen-bond donors (Lipinski definition) is 2. The lowest BCUT2D eigenvalue weighted by Gasteiger charge is -2.24. The summed E-state index contributed by atoms with van der Waals surface area (Å²) in [7, 11) is 0. The van der Waals surface area contributed by atoms with Crippen molar-refractivity contribution in [1.82, 2.24) is 15.5 Å². The van der Waals surface area contributed by atoms with E-state index in [4.69, 9.17) is 4.74 Å². The summed E-state index contributed by atoms with van der Waals surface area (Å²) in [5.74, 6) is -0.814. The van der Waals surface area contributed by atoms with Crippen LogP contribution in [0.2, 0.25) is 0 Å². The fourth-order valence-electron chi connectivity index (χ4n) is 3.71. The molecule has 1 aliphatic heterocycles. The molecule has 0 aliphatic carbocycles. The molecule has 1 saturated heterocycles. The molecule has 1 heterocycles. The number of hydrogen-bond acceptors (Lipinski definition) is 4. The van der Waals surface area contributed by atoms with Gasteiger partial charge in [-0.15, -0.1) is 0 Å². The molecule has 33 heavy (non-hydrogen) atoms. The summed E-state index contributed by atoms with van der Waals surface area (Å²) in [6.45, 7) is 9.12. The lowest BCUT2D eigenvalue weighted by atomic mass is 9.84. The van der Waals surface area contributed by atoms with E-state index in [0.29, 0.717) is 31.7 Å². The number of nitrogens with zero attached hydrogens (tertiary/aromatic N) is 1. The van der Waals surface area contributed by atoms with E-state index in [-0.39, 0.29) is 17.9 Å². The van der Waals surface area contributed by atoms with Crippen molar-refractivity contribution in [3.63, 3.8) is 0 Å². The molecule has 0 saturated carbocycles. The fraction of sp³-hybridized carbons (Fsp3) is 0.423. The Labute approximate surface area is 195 Å². The number of imide groups is 1. The van der Waals surface area contributed by atoms with Gasteiger partial charge in [0.2, 0.25) is 5.91 Å². The molecule has 176 valence electrons. The van der Waals surface area contributed by atoms with Crippen LogP contribution < -0.4 is 10.6 Å². The van der Waals surface area contributed by atoms with E-state index in [9.17, 15) is 14.4 Å². The quantitative estimate of drug-likeness (QED) is 0.451. The highest BCUT2D eigenvalue weighted by Gasteiger charge is 2.49. The minimum Gasteiger partial charge on any atom is -0.377 e. The summed E-state index contributed by atoms with van der Waals surface area (Å²) >= 11 is 0. The van der Waals surface area contributed by atoms with Gasteiger partial charge in [-0.3, -0.25) is 14.5 Å². The Hall–Kier alpha value is -3.19. The van der Waals surface area contributed by atoms with Crippen LogP contribution in [0.3, 0.4) is 0 Å². The molecule has 0 bridgehead atoms. The van der Waals surface area contributed by atoms with Crippen molar-refractivity contribution in [1.29, 1.82) is 0 Å². The number of carbonyl (C=O) groups excluding carboxylic acids is 3. The monoisotopic (exact) mass is 451 g/mol. The predicted octanol–water partition coefficient (Wildman–Crippen LogP) is 3.47. The minimum absolute atomic E-state index is 0.0148. The highest BCUT2D eigenvalue weighted by molar-refractivity contribution is 6.09. The van der Waals surface area contributed by atoms with Crippen LogP contribution in [-0.4, -0.2) is 42.4 Å². The van der Waals surface area contributed by atoms with Crippen LogP contribution in [0, 0.1) is 0 Å². The van der Waals surface area contributed by atoms with Crippen LogP contribution in [-0.2, 0) is 31.9 Å². The highest BCUT2D eigenvalue weighted by Crippen LogP contribution is 2.31. The lowest BCUT2D eigenvalue weighted by molar-refractivity contribution is -0.134. The number of carbonyl (C=O) groups is 3. The van der Waals surface area contributed by atoms with E-state index >= 15 is 0 Å². The van der Waals surface area contributed by atoms with E-state index in [1.165, 1.54) is 0 Å². The Morgan fingerprint density at radius 2 is 1.73 bits per heavy atom. The molecule has 2 aromatic carbocycles. The fourth-order valence-corrected chi connectivity index (χ4v) is 3.71. The third-order valence-corrected chi connectivity index (χ3v) is 5.80. The van der Waals surface area contributed by atoms with Gasteiger partial charge in [0.15, 0.2) is 0 Å². The summed E-state index contributed by atoms with van der Waals surface area (Å²) < 4.78 is 5.59. The average molecular weight is 452 g/mol. The first-order valence-electron chi connectivity index (χ1n) is 11.2. The van der Waals surface area contributed by atoms with E-state index in [1.807, 2.05) is 54.6 Å². The molecule has 0 spiro atoms. The van der Waals surface area contributed by atoms with Crippen molar-refractivity contribution in [3.8, 4) is 0 Å². The highest BCUT2D eigenvalue weighted by atomic mass is 16.5. The van der Waals surface area contributed by atoms with E-state index < -0.39 is 17.5 Å². The van der Waals surface area contributed by atoms with Crippen LogP contribution >= 0.6 is 0 Å². The van der Waals surface area contributed by atoms with E-state index in [0.717, 1.165) is 16.0 Å². The van der Waals surface area contributed by atoms with Gasteiger partial charge in [-0.1, -0.05) is 75.4 Å². The van der Waals surface area contributed by atoms with Crippen LogP contribution in [0.5, 0.6) is 0 Å². The van der Waals surface area contributed by atoms with Gasteiger partial charge in [-0.25, -0.2) is 4.79 Å². The average Bonchev–Trinajstić information content (AvgIpc) is 3.00. The van der Waals surface area contributed by atoms with Gasteiger partial charge in [0.05, 0.1) is 6.61 Å². The molecule has 7 nitrogen and oxygen atoms in total. The molecule has 1 atom stereocenters. The molecule has 1 fully saturated rings. The molecular formula is C26H33N3O4. The van der Waals surface area contributed by atoms with Crippen molar-refractivity contribution in [2.24, 2.45) is 0 Å². The molecule has 1 unspecified atom stereocenters. The summed E-state index contributed by atoms with van der Waals surface area (Å²) in [6, 6.07) is 16.9. The number of nitrogens with one attached hydrogen (secondary N) is 2. The molecule has 0 aromatic heterocycles. The maximum Gasteiger partial charge on any atom is 0.325 e. The standard InChI is InChI=1S/C26H33N3O4/c1-25(2,3)20-11-13-21(14-12-20)26(4)23(31)29(24(32)28-26)17-22(30)27-15-8-16-33-18-19-9-6-5-7-10-19/h5-7,9-14H,8,15-18H2,1-4H3,(H,27,30)(H,28,32). The zero-order valence-electron chi connectivity index (χ0n) is 19.8. The minimum atomic E-state index is -1.20. The smallest absolute Gasteiger partial charge is 0.325 e. The first-order chi connectivity index (χ1) is 15.6. The van der Waals surface area contributed by atoms with Crippen molar-refractivity contribution >= 4 is 17.8 Å². The number of urea groups is 1. The third-order valence-electron chi connectivity index (χ3n) is 5.80. The topological polar surface area (TPSA) is 87.7 Å². The van der Waals surface area contributed by atoms with Crippen LogP contribution in [0.4, 0.5) is 4.79 Å². The summed E-state index contributed by atoms with van der Waals surface area (Å²) in [5.41, 5.74) is 1.71. The molecule has 2 aromatic rings. The molecule has 4 amide bonds. The second kappa shape index (κ2) is 10.2. The maximum absolute atomic E-state index is 13.0. The zero-order valence-corrected chi connectivity index (χ0v) is 19.8. The van der Waals surface area contributed by atoms with Crippen molar-refractivity contribution < 1.29 is 19.1 Å². The van der Waals surface area contributed by atoms with Crippen molar-refractivity contribution in [2.75, 3.05) is 19.7 Å². The first kappa shape index (κ1) is 24.5. The first-order valence-corrected chi connectivity index (χ1v) is 11.2. The molecule has 3 rings (SSSR count). The molecule has 1 aliphatic rings. The summed E-state index contributed by atoms with van der Waals surface area (Å²) in [6.07, 6.45) is 0.635. The van der Waals surface area contributed by atoms with Crippen LogP contribution in [0.25, 0.3) is 0 Å².